The molecule has 2 aromatic rings. The first-order chi connectivity index (χ1) is 9.60. The van der Waals surface area contributed by atoms with Crippen molar-refractivity contribution in [3.63, 3.8) is 0 Å². The number of hydrogen-bond acceptors (Lipinski definition) is 3. The van der Waals surface area contributed by atoms with Gasteiger partial charge in [0.25, 0.3) is 0 Å². The van der Waals surface area contributed by atoms with Gasteiger partial charge in [0, 0.05) is 5.56 Å². The number of anilines is 1. The number of halogens is 1. The van der Waals surface area contributed by atoms with Gasteiger partial charge in [-0.1, -0.05) is 18.2 Å². The number of phenolic OH excluding ortho intramolecular Hbond substituents is 1. The highest BCUT2D eigenvalue weighted by molar-refractivity contribution is 5.92. The third-order valence-electron chi connectivity index (χ3n) is 2.71. The first kappa shape index (κ1) is 13.6. The number of rotatable bonds is 3. The minimum Gasteiger partial charge on any atom is -0.508 e. The molecular weight excluding hydrogens is 259 g/mol. The van der Waals surface area contributed by atoms with Crippen LogP contribution in [0.3, 0.4) is 0 Å². The second kappa shape index (κ2) is 5.85. The Hall–Kier alpha value is -2.87. The summed E-state index contributed by atoms with van der Waals surface area (Å²) in [6, 6.07) is 12.0. The topological polar surface area (TPSA) is 73.1 Å². The summed E-state index contributed by atoms with van der Waals surface area (Å²) in [6.07, 6.45) is -0.0634. The molecule has 0 bridgehead atoms. The Labute approximate surface area is 115 Å². The highest BCUT2D eigenvalue weighted by atomic mass is 19.1. The van der Waals surface area contributed by atoms with E-state index in [0.29, 0.717) is 5.56 Å². The summed E-state index contributed by atoms with van der Waals surface area (Å²) in [5.41, 5.74) is 0.643. The van der Waals surface area contributed by atoms with E-state index in [9.17, 15) is 14.3 Å². The molecule has 0 saturated carbocycles. The van der Waals surface area contributed by atoms with Gasteiger partial charge in [0.05, 0.1) is 23.7 Å². The molecule has 2 rings (SSSR count). The molecule has 1 amide bonds. The van der Waals surface area contributed by atoms with Crippen molar-refractivity contribution in [3.8, 4) is 11.8 Å². The maximum absolute atomic E-state index is 13.6. The number of nitriles is 1. The fourth-order valence-electron chi connectivity index (χ4n) is 1.71. The van der Waals surface area contributed by atoms with Crippen LogP contribution in [0.25, 0.3) is 0 Å². The Morgan fingerprint density at radius 3 is 2.70 bits per heavy atom. The van der Waals surface area contributed by atoms with E-state index in [4.69, 9.17) is 5.26 Å². The molecule has 20 heavy (non-hydrogen) atoms. The Bertz CT molecular complexity index is 693. The minimum absolute atomic E-state index is 0.00409. The van der Waals surface area contributed by atoms with Gasteiger partial charge in [0.2, 0.25) is 5.91 Å². The number of carbonyl (C=O) groups excluding carboxylic acids is 1. The quantitative estimate of drug-likeness (QED) is 0.900. The lowest BCUT2D eigenvalue weighted by atomic mass is 10.1. The van der Waals surface area contributed by atoms with E-state index >= 15 is 0 Å². The van der Waals surface area contributed by atoms with E-state index in [-0.39, 0.29) is 23.4 Å². The first-order valence-electron chi connectivity index (χ1n) is 5.86. The number of amides is 1. The van der Waals surface area contributed by atoms with Gasteiger partial charge in [-0.05, 0) is 24.3 Å². The number of aromatic hydroxyl groups is 1. The first-order valence-corrected chi connectivity index (χ1v) is 5.86. The van der Waals surface area contributed by atoms with Gasteiger partial charge in [0.15, 0.2) is 0 Å². The molecule has 0 aromatic heterocycles. The summed E-state index contributed by atoms with van der Waals surface area (Å²) in [6.45, 7) is 0. The normalized spacial score (nSPS) is 9.80. The number of para-hydroxylation sites is 1. The maximum atomic E-state index is 13.6. The third kappa shape index (κ3) is 3.12. The van der Waals surface area contributed by atoms with E-state index in [1.54, 1.807) is 18.2 Å². The summed E-state index contributed by atoms with van der Waals surface area (Å²) in [5.74, 6) is -1.10. The van der Waals surface area contributed by atoms with Crippen LogP contribution in [0.15, 0.2) is 42.5 Å². The largest absolute Gasteiger partial charge is 0.508 e. The average Bonchev–Trinajstić information content (AvgIpc) is 2.43. The standard InChI is InChI=1S/C15H11FN2O2/c16-12-7-10(9-17)5-6-13(12)18-15(20)8-11-3-1-2-4-14(11)19/h1-7,19H,8H2,(H,18,20). The van der Waals surface area contributed by atoms with Gasteiger partial charge in [-0.15, -0.1) is 0 Å². The van der Waals surface area contributed by atoms with Crippen LogP contribution in [-0.2, 0) is 11.2 Å². The highest BCUT2D eigenvalue weighted by Gasteiger charge is 2.10. The van der Waals surface area contributed by atoms with Crippen LogP contribution >= 0.6 is 0 Å². The molecule has 0 heterocycles. The van der Waals surface area contributed by atoms with Crippen LogP contribution in [0.2, 0.25) is 0 Å². The second-order valence-electron chi connectivity index (χ2n) is 4.16. The summed E-state index contributed by atoms with van der Waals surface area (Å²) in [4.78, 5) is 11.8. The molecule has 4 nitrogen and oxygen atoms in total. The Morgan fingerprint density at radius 1 is 1.30 bits per heavy atom. The number of hydrogen-bond donors (Lipinski definition) is 2. The van der Waals surface area contributed by atoms with Crippen molar-refractivity contribution in [2.45, 2.75) is 6.42 Å². The summed E-state index contributed by atoms with van der Waals surface area (Å²) in [5, 5.41) is 20.6. The summed E-state index contributed by atoms with van der Waals surface area (Å²) < 4.78 is 13.6. The van der Waals surface area contributed by atoms with Gasteiger partial charge >= 0.3 is 0 Å². The van der Waals surface area contributed by atoms with Gasteiger partial charge in [-0.3, -0.25) is 4.79 Å². The van der Waals surface area contributed by atoms with Crippen molar-refractivity contribution < 1.29 is 14.3 Å². The smallest absolute Gasteiger partial charge is 0.229 e. The average molecular weight is 270 g/mol. The Morgan fingerprint density at radius 2 is 2.05 bits per heavy atom. The fourth-order valence-corrected chi connectivity index (χ4v) is 1.71. The van der Waals surface area contributed by atoms with Crippen LogP contribution < -0.4 is 5.32 Å². The molecule has 5 heteroatoms. The zero-order valence-corrected chi connectivity index (χ0v) is 10.4. The number of carbonyl (C=O) groups is 1. The number of nitrogens with one attached hydrogen (secondary N) is 1. The van der Waals surface area contributed by atoms with Crippen LogP contribution in [0.5, 0.6) is 5.75 Å². The minimum atomic E-state index is -0.672. The highest BCUT2D eigenvalue weighted by Crippen LogP contribution is 2.18. The van der Waals surface area contributed by atoms with Crippen molar-refractivity contribution in [2.24, 2.45) is 0 Å². The second-order valence-corrected chi connectivity index (χ2v) is 4.16. The summed E-state index contributed by atoms with van der Waals surface area (Å²) >= 11 is 0. The molecule has 0 fully saturated rings. The predicted octanol–water partition coefficient (Wildman–Crippen LogP) is 2.58. The van der Waals surface area contributed by atoms with Crippen LogP contribution in [0.4, 0.5) is 10.1 Å². The van der Waals surface area contributed by atoms with E-state index in [0.717, 1.165) is 6.07 Å². The molecule has 100 valence electrons. The molecule has 0 unspecified atom stereocenters. The molecular formula is C15H11FN2O2. The third-order valence-corrected chi connectivity index (χ3v) is 2.71. The van der Waals surface area contributed by atoms with E-state index < -0.39 is 11.7 Å². The SMILES string of the molecule is N#Cc1ccc(NC(=O)Cc2ccccc2O)c(F)c1. The molecule has 0 aliphatic heterocycles. The van der Waals surface area contributed by atoms with Crippen molar-refractivity contribution in [1.82, 2.24) is 0 Å². The zero-order valence-electron chi connectivity index (χ0n) is 10.4. The lowest BCUT2D eigenvalue weighted by Gasteiger charge is -2.07. The monoisotopic (exact) mass is 270 g/mol. The summed E-state index contributed by atoms with van der Waals surface area (Å²) in [7, 11) is 0. The number of benzene rings is 2. The van der Waals surface area contributed by atoms with Crippen molar-refractivity contribution in [3.05, 3.63) is 59.4 Å². The molecule has 0 aliphatic carbocycles. The van der Waals surface area contributed by atoms with Crippen LogP contribution in [-0.4, -0.2) is 11.0 Å². The van der Waals surface area contributed by atoms with Crippen molar-refractivity contribution in [1.29, 1.82) is 5.26 Å². The Balaban J connectivity index is 2.09. The van der Waals surface area contributed by atoms with Gasteiger partial charge in [0.1, 0.15) is 11.6 Å². The molecule has 2 aromatic carbocycles. The van der Waals surface area contributed by atoms with Crippen molar-refractivity contribution >= 4 is 11.6 Å². The fraction of sp³-hybridized carbons (Fsp3) is 0.0667. The maximum Gasteiger partial charge on any atom is 0.229 e. The number of nitrogens with zero attached hydrogens (tertiary/aromatic N) is 1. The zero-order chi connectivity index (χ0) is 14.5. The van der Waals surface area contributed by atoms with Crippen LogP contribution in [0, 0.1) is 17.1 Å². The molecule has 0 aliphatic rings. The van der Waals surface area contributed by atoms with Gasteiger partial charge in [-0.25, -0.2) is 4.39 Å². The van der Waals surface area contributed by atoms with Gasteiger partial charge in [-0.2, -0.15) is 5.26 Å². The lowest BCUT2D eigenvalue weighted by Crippen LogP contribution is -2.15. The molecule has 0 saturated heterocycles. The van der Waals surface area contributed by atoms with Gasteiger partial charge < -0.3 is 10.4 Å². The van der Waals surface area contributed by atoms with E-state index in [2.05, 4.69) is 5.32 Å². The molecule has 0 spiro atoms. The molecule has 0 radical (unpaired) electrons. The molecule has 2 N–H and O–H groups in total. The number of phenols is 1. The lowest BCUT2D eigenvalue weighted by molar-refractivity contribution is -0.115. The van der Waals surface area contributed by atoms with Crippen molar-refractivity contribution in [2.75, 3.05) is 5.32 Å². The van der Waals surface area contributed by atoms with Crippen LogP contribution in [0.1, 0.15) is 11.1 Å². The predicted molar refractivity (Wildman–Crippen MR) is 71.6 cm³/mol. The van der Waals surface area contributed by atoms with E-state index in [1.807, 2.05) is 6.07 Å². The molecule has 0 atom stereocenters. The van der Waals surface area contributed by atoms with E-state index in [1.165, 1.54) is 18.2 Å². The Kier molecular flexibility index (Phi) is 3.96.